The summed E-state index contributed by atoms with van der Waals surface area (Å²) in [6.45, 7) is 2.25. The van der Waals surface area contributed by atoms with E-state index in [-0.39, 0.29) is 11.0 Å². The molecule has 2 nitrogen and oxygen atoms in total. The van der Waals surface area contributed by atoms with Crippen LogP contribution in [0, 0.1) is 0 Å². The lowest BCUT2D eigenvalue weighted by Gasteiger charge is -2.11. The third-order valence-electron chi connectivity index (χ3n) is 3.78. The zero-order valence-electron chi connectivity index (χ0n) is 13.7. The summed E-state index contributed by atoms with van der Waals surface area (Å²) < 4.78 is 5.39. The monoisotopic (exact) mass is 368 g/mol. The maximum Gasteiger partial charge on any atom is 0.339 e. The lowest BCUT2D eigenvalue weighted by atomic mass is 10.1. The number of rotatable bonds is 12. The predicted molar refractivity (Wildman–Crippen MR) is 96.4 cm³/mol. The second-order valence-corrected chi connectivity index (χ2v) is 6.82. The first kappa shape index (κ1) is 19.2. The van der Waals surface area contributed by atoms with E-state index in [0.717, 1.165) is 12.8 Å². The fraction of sp³-hybridized carbons (Fsp3) is 0.632. The van der Waals surface area contributed by atoms with Crippen LogP contribution in [-0.4, -0.2) is 11.0 Å². The summed E-state index contributed by atoms with van der Waals surface area (Å²) >= 11 is 3.44. The number of unbranched alkanes of at least 4 members (excludes halogenated alkanes) is 8. The van der Waals surface area contributed by atoms with E-state index in [9.17, 15) is 4.79 Å². The van der Waals surface area contributed by atoms with E-state index in [1.54, 1.807) is 12.1 Å². The number of carbonyl (C=O) groups is 1. The number of benzene rings is 1. The Morgan fingerprint density at radius 2 is 1.50 bits per heavy atom. The first-order valence-corrected chi connectivity index (χ1v) is 9.55. The maximum atomic E-state index is 11.9. The van der Waals surface area contributed by atoms with Gasteiger partial charge in [0, 0.05) is 0 Å². The summed E-state index contributed by atoms with van der Waals surface area (Å²) in [5, 5.41) is -0.176. The van der Waals surface area contributed by atoms with Crippen molar-refractivity contribution in [2.75, 3.05) is 0 Å². The van der Waals surface area contributed by atoms with Gasteiger partial charge in [-0.3, -0.25) is 0 Å². The summed E-state index contributed by atoms with van der Waals surface area (Å²) in [6, 6.07) is 9.15. The van der Waals surface area contributed by atoms with E-state index >= 15 is 0 Å². The zero-order valence-corrected chi connectivity index (χ0v) is 15.3. The number of alkyl halides is 1. The number of ether oxygens (including phenoxy) is 1. The molecule has 0 spiro atoms. The highest BCUT2D eigenvalue weighted by Gasteiger charge is 2.12. The molecule has 0 heterocycles. The molecule has 22 heavy (non-hydrogen) atoms. The van der Waals surface area contributed by atoms with Crippen LogP contribution in [0.3, 0.4) is 0 Å². The quantitative estimate of drug-likeness (QED) is 0.239. The van der Waals surface area contributed by atoms with Crippen molar-refractivity contribution >= 4 is 21.9 Å². The number of halogens is 1. The van der Waals surface area contributed by atoms with E-state index in [1.807, 2.05) is 18.2 Å². The van der Waals surface area contributed by atoms with Crippen LogP contribution >= 0.6 is 15.9 Å². The molecule has 0 amide bonds. The third-order valence-corrected chi connectivity index (χ3v) is 4.42. The Balaban J connectivity index is 1.99. The molecule has 0 aliphatic carbocycles. The minimum atomic E-state index is -0.251. The van der Waals surface area contributed by atoms with Crippen molar-refractivity contribution in [3.63, 3.8) is 0 Å². The van der Waals surface area contributed by atoms with E-state index in [1.165, 1.54) is 51.4 Å². The Morgan fingerprint density at radius 1 is 0.955 bits per heavy atom. The number of esters is 1. The Bertz CT molecular complexity index is 392. The Labute approximate surface area is 143 Å². The van der Waals surface area contributed by atoms with Gasteiger partial charge in [-0.05, 0) is 40.9 Å². The largest absolute Gasteiger partial charge is 0.447 e. The van der Waals surface area contributed by atoms with Crippen molar-refractivity contribution in [2.45, 2.75) is 76.1 Å². The molecule has 1 aromatic carbocycles. The average Bonchev–Trinajstić information content (AvgIpc) is 2.54. The zero-order chi connectivity index (χ0) is 16.0. The molecule has 124 valence electrons. The van der Waals surface area contributed by atoms with Crippen molar-refractivity contribution in [3.8, 4) is 0 Å². The molecule has 1 rings (SSSR count). The van der Waals surface area contributed by atoms with Gasteiger partial charge in [-0.2, -0.15) is 0 Å². The lowest BCUT2D eigenvalue weighted by molar-refractivity contribution is 0.0455. The average molecular weight is 369 g/mol. The Kier molecular flexibility index (Phi) is 11.1. The molecular weight excluding hydrogens is 340 g/mol. The molecule has 0 fully saturated rings. The Hall–Kier alpha value is -0.830. The summed E-state index contributed by atoms with van der Waals surface area (Å²) in [7, 11) is 0. The molecule has 0 saturated carbocycles. The van der Waals surface area contributed by atoms with Gasteiger partial charge in [0.05, 0.1) is 5.56 Å². The van der Waals surface area contributed by atoms with Crippen molar-refractivity contribution in [1.29, 1.82) is 0 Å². The lowest BCUT2D eigenvalue weighted by Crippen LogP contribution is -2.12. The van der Waals surface area contributed by atoms with Crippen molar-refractivity contribution < 1.29 is 9.53 Å². The number of hydrogen-bond acceptors (Lipinski definition) is 2. The van der Waals surface area contributed by atoms with Crippen LogP contribution in [0.25, 0.3) is 0 Å². The fourth-order valence-corrected chi connectivity index (χ4v) is 2.93. The van der Waals surface area contributed by atoms with Gasteiger partial charge in [0.15, 0.2) is 5.01 Å². The summed E-state index contributed by atoms with van der Waals surface area (Å²) in [5.74, 6) is -0.251. The highest BCUT2D eigenvalue weighted by atomic mass is 79.9. The first-order valence-electron chi connectivity index (χ1n) is 8.64. The molecule has 0 bridgehead atoms. The molecule has 1 aromatic rings. The summed E-state index contributed by atoms with van der Waals surface area (Å²) in [5.41, 5.74) is 0.610. The van der Waals surface area contributed by atoms with Crippen LogP contribution in [0.4, 0.5) is 0 Å². The maximum absolute atomic E-state index is 11.9. The SMILES string of the molecule is CCCCCCCCCCCC(Br)OC(=O)c1ccccc1. The highest BCUT2D eigenvalue weighted by Crippen LogP contribution is 2.16. The number of carbonyl (C=O) groups excluding carboxylic acids is 1. The second kappa shape index (κ2) is 12.7. The molecule has 0 aliphatic rings. The van der Waals surface area contributed by atoms with E-state index in [0.29, 0.717) is 5.56 Å². The molecule has 0 saturated heterocycles. The van der Waals surface area contributed by atoms with Crippen LogP contribution in [0.2, 0.25) is 0 Å². The molecular formula is C19H29BrO2. The molecule has 3 heteroatoms. The van der Waals surface area contributed by atoms with E-state index < -0.39 is 0 Å². The van der Waals surface area contributed by atoms with Gasteiger partial charge in [-0.25, -0.2) is 4.79 Å². The van der Waals surface area contributed by atoms with E-state index in [4.69, 9.17) is 4.74 Å². The highest BCUT2D eigenvalue weighted by molar-refractivity contribution is 9.09. The van der Waals surface area contributed by atoms with Gasteiger partial charge in [-0.15, -0.1) is 0 Å². The minimum absolute atomic E-state index is 0.176. The van der Waals surface area contributed by atoms with Gasteiger partial charge in [0.1, 0.15) is 0 Å². The fourth-order valence-electron chi connectivity index (χ4n) is 2.43. The molecule has 0 N–H and O–H groups in total. The van der Waals surface area contributed by atoms with Crippen molar-refractivity contribution in [1.82, 2.24) is 0 Å². The standard InChI is InChI=1S/C19H29BrO2/c1-2-3-4-5-6-7-8-9-13-16-18(20)22-19(21)17-14-11-10-12-15-17/h10-12,14-15,18H,2-9,13,16H2,1H3. The van der Waals surface area contributed by atoms with Crippen LogP contribution in [0.15, 0.2) is 30.3 Å². The van der Waals surface area contributed by atoms with Crippen LogP contribution < -0.4 is 0 Å². The molecule has 0 radical (unpaired) electrons. The van der Waals surface area contributed by atoms with Crippen molar-refractivity contribution in [3.05, 3.63) is 35.9 Å². The normalized spacial score (nSPS) is 12.1. The number of hydrogen-bond donors (Lipinski definition) is 0. The van der Waals surface area contributed by atoms with Crippen LogP contribution in [0.1, 0.15) is 81.5 Å². The molecule has 1 unspecified atom stereocenters. The van der Waals surface area contributed by atoms with Gasteiger partial charge in [0.2, 0.25) is 0 Å². The summed E-state index contributed by atoms with van der Waals surface area (Å²) in [4.78, 5) is 11.9. The van der Waals surface area contributed by atoms with Gasteiger partial charge in [0.25, 0.3) is 0 Å². The molecule has 0 aromatic heterocycles. The van der Waals surface area contributed by atoms with Gasteiger partial charge >= 0.3 is 5.97 Å². The second-order valence-electron chi connectivity index (χ2n) is 5.80. The predicted octanol–water partition coefficient (Wildman–Crippen LogP) is 6.49. The smallest absolute Gasteiger partial charge is 0.339 e. The van der Waals surface area contributed by atoms with Gasteiger partial charge in [-0.1, -0.05) is 76.5 Å². The van der Waals surface area contributed by atoms with Gasteiger partial charge < -0.3 is 4.74 Å². The Morgan fingerprint density at radius 3 is 2.09 bits per heavy atom. The van der Waals surface area contributed by atoms with Crippen LogP contribution in [-0.2, 0) is 4.74 Å². The summed E-state index contributed by atoms with van der Waals surface area (Å²) in [6.07, 6.45) is 12.6. The van der Waals surface area contributed by atoms with Crippen molar-refractivity contribution in [2.24, 2.45) is 0 Å². The van der Waals surface area contributed by atoms with E-state index in [2.05, 4.69) is 22.9 Å². The molecule has 1 atom stereocenters. The molecule has 0 aliphatic heterocycles. The first-order chi connectivity index (χ1) is 10.7. The van der Waals surface area contributed by atoms with Crippen LogP contribution in [0.5, 0.6) is 0 Å². The third kappa shape index (κ3) is 9.24. The minimum Gasteiger partial charge on any atom is -0.447 e. The topological polar surface area (TPSA) is 26.3 Å².